The maximum Gasteiger partial charge on any atom is 0.277 e. The molecule has 1 N–H and O–H groups in total. The summed E-state index contributed by atoms with van der Waals surface area (Å²) in [6.07, 6.45) is 0. The molecule has 0 aliphatic rings. The predicted molar refractivity (Wildman–Crippen MR) is 100 cm³/mol. The van der Waals surface area contributed by atoms with Crippen molar-refractivity contribution in [2.45, 2.75) is 18.8 Å². The highest BCUT2D eigenvalue weighted by Gasteiger charge is 2.11. The van der Waals surface area contributed by atoms with Crippen molar-refractivity contribution < 1.29 is 13.9 Å². The molecule has 3 rings (SSSR count). The number of amides is 1. The number of nitriles is 1. The summed E-state index contributed by atoms with van der Waals surface area (Å²) in [5.74, 6) is 0.912. The quantitative estimate of drug-likeness (QED) is 0.625. The first-order valence-corrected chi connectivity index (χ1v) is 9.06. The Morgan fingerprint density at radius 1 is 1.22 bits per heavy atom. The number of nitrogens with zero attached hydrogens (tertiary/aromatic N) is 3. The number of rotatable bonds is 7. The molecule has 0 radical (unpaired) electrons. The lowest BCUT2D eigenvalue weighted by Gasteiger charge is -2.06. The van der Waals surface area contributed by atoms with E-state index >= 15 is 0 Å². The maximum atomic E-state index is 12.0. The Labute approximate surface area is 160 Å². The zero-order valence-electron chi connectivity index (χ0n) is 14.5. The van der Waals surface area contributed by atoms with Crippen LogP contribution in [-0.2, 0) is 11.4 Å². The molecule has 1 heterocycles. The molecular formula is C19H16N4O3S. The third-order valence-corrected chi connectivity index (χ3v) is 4.36. The summed E-state index contributed by atoms with van der Waals surface area (Å²) in [4.78, 5) is 12.0. The molecule has 27 heavy (non-hydrogen) atoms. The summed E-state index contributed by atoms with van der Waals surface area (Å²) in [5.41, 5.74) is 2.34. The van der Waals surface area contributed by atoms with Gasteiger partial charge in [0.25, 0.3) is 11.1 Å². The maximum absolute atomic E-state index is 12.0. The summed E-state index contributed by atoms with van der Waals surface area (Å²) >= 11 is 1.16. The van der Waals surface area contributed by atoms with Gasteiger partial charge in [-0.25, -0.2) is 0 Å². The lowest BCUT2D eigenvalue weighted by molar-refractivity contribution is -0.113. The van der Waals surface area contributed by atoms with Crippen LogP contribution >= 0.6 is 11.8 Å². The summed E-state index contributed by atoms with van der Waals surface area (Å²) < 4.78 is 11.0. The molecule has 3 aromatic rings. The molecule has 8 heteroatoms. The van der Waals surface area contributed by atoms with E-state index < -0.39 is 0 Å². The highest BCUT2D eigenvalue weighted by atomic mass is 32.2. The molecule has 0 fully saturated rings. The minimum absolute atomic E-state index is 0.106. The van der Waals surface area contributed by atoms with E-state index in [0.29, 0.717) is 22.4 Å². The molecule has 1 aromatic heterocycles. The summed E-state index contributed by atoms with van der Waals surface area (Å²) in [6.45, 7) is 2.04. The van der Waals surface area contributed by atoms with E-state index in [2.05, 4.69) is 15.5 Å². The lowest BCUT2D eigenvalue weighted by Crippen LogP contribution is -2.14. The number of hydrogen-bond donors (Lipinski definition) is 1. The molecule has 0 saturated heterocycles. The van der Waals surface area contributed by atoms with Crippen LogP contribution in [0, 0.1) is 18.3 Å². The van der Waals surface area contributed by atoms with Gasteiger partial charge >= 0.3 is 0 Å². The Bertz CT molecular complexity index is 964. The molecule has 1 amide bonds. The van der Waals surface area contributed by atoms with Crippen LogP contribution in [0.1, 0.15) is 17.0 Å². The van der Waals surface area contributed by atoms with Gasteiger partial charge in [0.1, 0.15) is 5.75 Å². The van der Waals surface area contributed by atoms with Crippen molar-refractivity contribution in [1.82, 2.24) is 10.2 Å². The first kappa shape index (κ1) is 18.5. The highest BCUT2D eigenvalue weighted by molar-refractivity contribution is 7.99. The van der Waals surface area contributed by atoms with Gasteiger partial charge in [0.05, 0.1) is 17.4 Å². The summed E-state index contributed by atoms with van der Waals surface area (Å²) in [5, 5.41) is 19.7. The Kier molecular flexibility index (Phi) is 6.07. The van der Waals surface area contributed by atoms with E-state index in [0.717, 1.165) is 23.0 Å². The van der Waals surface area contributed by atoms with Crippen LogP contribution in [0.25, 0.3) is 0 Å². The molecule has 0 atom stereocenters. The second-order valence-corrected chi connectivity index (χ2v) is 6.46. The number of thioether (sulfide) groups is 1. The van der Waals surface area contributed by atoms with E-state index in [1.54, 1.807) is 24.3 Å². The van der Waals surface area contributed by atoms with Crippen LogP contribution in [0.15, 0.2) is 58.2 Å². The largest absolute Gasteiger partial charge is 0.484 e. The first-order valence-electron chi connectivity index (χ1n) is 8.07. The van der Waals surface area contributed by atoms with E-state index in [-0.39, 0.29) is 18.3 Å². The molecule has 0 spiro atoms. The van der Waals surface area contributed by atoms with Crippen LogP contribution in [0.5, 0.6) is 5.75 Å². The molecule has 7 nitrogen and oxygen atoms in total. The Balaban J connectivity index is 1.47. The Hall–Kier alpha value is -3.31. The second kappa shape index (κ2) is 8.87. The van der Waals surface area contributed by atoms with Gasteiger partial charge in [0, 0.05) is 5.69 Å². The number of nitrogens with one attached hydrogen (secondary N) is 1. The molecule has 0 unspecified atom stereocenters. The topological polar surface area (TPSA) is 101 Å². The number of ether oxygens (including phenoxy) is 1. The molecular weight excluding hydrogens is 364 g/mol. The van der Waals surface area contributed by atoms with Gasteiger partial charge in [-0.2, -0.15) is 5.26 Å². The van der Waals surface area contributed by atoms with Crippen molar-refractivity contribution in [3.63, 3.8) is 0 Å². The van der Waals surface area contributed by atoms with Crippen LogP contribution in [-0.4, -0.2) is 21.9 Å². The van der Waals surface area contributed by atoms with Crippen molar-refractivity contribution >= 4 is 23.4 Å². The van der Waals surface area contributed by atoms with Crippen LogP contribution in [0.3, 0.4) is 0 Å². The molecule has 0 aliphatic heterocycles. The molecule has 136 valence electrons. The smallest absolute Gasteiger partial charge is 0.277 e. The first-order chi connectivity index (χ1) is 13.1. The van der Waals surface area contributed by atoms with Gasteiger partial charge in [-0.1, -0.05) is 30.0 Å². The van der Waals surface area contributed by atoms with Crippen molar-refractivity contribution in [2.75, 3.05) is 11.1 Å². The number of anilines is 1. The number of carbonyl (C=O) groups is 1. The van der Waals surface area contributed by atoms with E-state index in [1.807, 2.05) is 37.3 Å². The van der Waals surface area contributed by atoms with E-state index in [9.17, 15) is 4.79 Å². The number of carbonyl (C=O) groups excluding carboxylic acids is 1. The normalized spacial score (nSPS) is 10.2. The molecule has 0 saturated carbocycles. The van der Waals surface area contributed by atoms with E-state index in [4.69, 9.17) is 14.4 Å². The summed E-state index contributed by atoms with van der Waals surface area (Å²) in [6, 6.07) is 16.3. The number of aryl methyl sites for hydroxylation is 1. The Morgan fingerprint density at radius 2 is 2.00 bits per heavy atom. The van der Waals surface area contributed by atoms with Crippen molar-refractivity contribution in [3.05, 3.63) is 65.5 Å². The SMILES string of the molecule is Cc1ccccc1NC(=O)CSc1nnc(COc2ccc(C#N)cc2)o1. The zero-order valence-corrected chi connectivity index (χ0v) is 15.3. The minimum Gasteiger partial charge on any atom is -0.484 e. The molecule has 2 aromatic carbocycles. The van der Waals surface area contributed by atoms with Crippen LogP contribution in [0.4, 0.5) is 5.69 Å². The summed E-state index contributed by atoms with van der Waals surface area (Å²) in [7, 11) is 0. The molecule has 0 bridgehead atoms. The average Bonchev–Trinajstić information content (AvgIpc) is 3.15. The average molecular weight is 380 g/mol. The Morgan fingerprint density at radius 3 is 2.74 bits per heavy atom. The van der Waals surface area contributed by atoms with Gasteiger partial charge in [-0.15, -0.1) is 10.2 Å². The molecule has 0 aliphatic carbocycles. The van der Waals surface area contributed by atoms with E-state index in [1.165, 1.54) is 0 Å². The fraction of sp³-hybridized carbons (Fsp3) is 0.158. The van der Waals surface area contributed by atoms with Crippen molar-refractivity contribution in [2.24, 2.45) is 0 Å². The van der Waals surface area contributed by atoms with Gasteiger partial charge < -0.3 is 14.5 Å². The van der Waals surface area contributed by atoms with Gasteiger partial charge in [-0.3, -0.25) is 4.79 Å². The third kappa shape index (κ3) is 5.33. The number of para-hydroxylation sites is 1. The van der Waals surface area contributed by atoms with Crippen molar-refractivity contribution in [1.29, 1.82) is 5.26 Å². The van der Waals surface area contributed by atoms with Crippen LogP contribution in [0.2, 0.25) is 0 Å². The fourth-order valence-electron chi connectivity index (χ4n) is 2.15. The number of aromatic nitrogens is 2. The van der Waals surface area contributed by atoms with Crippen LogP contribution < -0.4 is 10.1 Å². The predicted octanol–water partition coefficient (Wildman–Crippen LogP) is 3.56. The van der Waals surface area contributed by atoms with Gasteiger partial charge in [0.2, 0.25) is 5.91 Å². The number of benzene rings is 2. The lowest BCUT2D eigenvalue weighted by atomic mass is 10.2. The zero-order chi connectivity index (χ0) is 19.1. The highest BCUT2D eigenvalue weighted by Crippen LogP contribution is 2.19. The van der Waals surface area contributed by atoms with Crippen molar-refractivity contribution in [3.8, 4) is 11.8 Å². The van der Waals surface area contributed by atoms with Gasteiger partial charge in [0.15, 0.2) is 6.61 Å². The third-order valence-electron chi connectivity index (χ3n) is 3.54. The van der Waals surface area contributed by atoms with Gasteiger partial charge in [-0.05, 0) is 42.8 Å². The fourth-order valence-corrected chi connectivity index (χ4v) is 2.73. The standard InChI is InChI=1S/C19H16N4O3S/c1-13-4-2-3-5-16(13)21-17(24)12-27-19-23-22-18(26-19)11-25-15-8-6-14(10-20)7-9-15/h2-9H,11-12H2,1H3,(H,21,24). The minimum atomic E-state index is -0.150. The number of hydrogen-bond acceptors (Lipinski definition) is 7. The second-order valence-electron chi connectivity index (χ2n) is 5.54. The monoisotopic (exact) mass is 380 g/mol.